The minimum atomic E-state index is -3.11. The first-order chi connectivity index (χ1) is 13.3. The Morgan fingerprint density at radius 2 is 2.07 bits per heavy atom. The zero-order valence-corrected chi connectivity index (χ0v) is 16.0. The number of nitrogens with zero attached hydrogens (tertiary/aromatic N) is 1. The Morgan fingerprint density at radius 3 is 2.71 bits per heavy atom. The van der Waals surface area contributed by atoms with Crippen molar-refractivity contribution in [3.63, 3.8) is 0 Å². The fourth-order valence-electron chi connectivity index (χ4n) is 2.22. The van der Waals surface area contributed by atoms with E-state index in [1.54, 1.807) is 13.0 Å². The maximum atomic E-state index is 12.8. The van der Waals surface area contributed by atoms with Crippen LogP contribution in [0.1, 0.15) is 12.5 Å². The van der Waals surface area contributed by atoms with Crippen LogP contribution in [0.15, 0.2) is 42.0 Å². The summed E-state index contributed by atoms with van der Waals surface area (Å²) < 4.78 is 35.4. The summed E-state index contributed by atoms with van der Waals surface area (Å²) in [5.74, 6) is -1.01. The second-order valence-corrected chi connectivity index (χ2v) is 6.08. The highest BCUT2D eigenvalue weighted by atomic mass is 35.5. The largest absolute Gasteiger partial charge is 0.490 e. The van der Waals surface area contributed by atoms with E-state index in [1.807, 2.05) is 0 Å². The summed E-state index contributed by atoms with van der Waals surface area (Å²) >= 11 is 11.9. The number of amides is 1. The normalized spacial score (nSPS) is 11.1. The molecule has 5 nitrogen and oxygen atoms in total. The predicted molar refractivity (Wildman–Crippen MR) is 103 cm³/mol. The van der Waals surface area contributed by atoms with Crippen LogP contribution < -0.4 is 14.8 Å². The van der Waals surface area contributed by atoms with Crippen molar-refractivity contribution in [1.82, 2.24) is 0 Å². The smallest absolute Gasteiger partial charge is 0.387 e. The number of nitriles is 1. The van der Waals surface area contributed by atoms with Crippen molar-refractivity contribution in [2.24, 2.45) is 0 Å². The molecule has 2 aromatic rings. The van der Waals surface area contributed by atoms with E-state index in [-0.39, 0.29) is 40.0 Å². The van der Waals surface area contributed by atoms with Crippen LogP contribution in [0.3, 0.4) is 0 Å². The fraction of sp³-hybridized carbons (Fsp3) is 0.158. The third kappa shape index (κ3) is 5.59. The molecule has 0 heterocycles. The van der Waals surface area contributed by atoms with Crippen LogP contribution in [0.4, 0.5) is 14.5 Å². The molecule has 0 aliphatic rings. The molecule has 0 aliphatic heterocycles. The van der Waals surface area contributed by atoms with Crippen molar-refractivity contribution in [3.8, 4) is 17.6 Å². The van der Waals surface area contributed by atoms with Gasteiger partial charge in [0.15, 0.2) is 11.5 Å². The first kappa shape index (κ1) is 21.5. The molecular weight excluding hydrogens is 413 g/mol. The zero-order valence-electron chi connectivity index (χ0n) is 14.5. The first-order valence-electron chi connectivity index (χ1n) is 7.94. The number of hydrogen-bond acceptors (Lipinski definition) is 4. The average molecular weight is 427 g/mol. The molecule has 0 saturated carbocycles. The number of hydrogen-bond donors (Lipinski definition) is 1. The molecule has 1 amide bonds. The Balaban J connectivity index is 2.40. The van der Waals surface area contributed by atoms with Crippen molar-refractivity contribution >= 4 is 40.9 Å². The molecule has 0 spiro atoms. The van der Waals surface area contributed by atoms with E-state index >= 15 is 0 Å². The van der Waals surface area contributed by atoms with E-state index in [0.29, 0.717) is 5.02 Å². The van der Waals surface area contributed by atoms with E-state index in [2.05, 4.69) is 10.1 Å². The number of carbonyl (C=O) groups is 1. The van der Waals surface area contributed by atoms with Crippen molar-refractivity contribution in [1.29, 1.82) is 5.26 Å². The number of para-hydroxylation sites is 1. The van der Waals surface area contributed by atoms with Crippen molar-refractivity contribution in [3.05, 3.63) is 57.6 Å². The summed E-state index contributed by atoms with van der Waals surface area (Å²) in [6, 6.07) is 10.5. The third-order valence-corrected chi connectivity index (χ3v) is 3.92. The summed E-state index contributed by atoms with van der Waals surface area (Å²) in [5, 5.41) is 12.4. The standard InChI is InChI=1S/C19H14Cl2F2N2O3/c1-2-27-16-5-3-4-11(17(16)28-19(22)23)8-12(10-24)18(26)25-15-9-13(20)6-7-14(15)21/h3-9,19H,2H2,1H3,(H,25,26)/b12-8+. The molecule has 9 heteroatoms. The van der Waals surface area contributed by atoms with E-state index in [9.17, 15) is 18.8 Å². The molecule has 0 fully saturated rings. The minimum absolute atomic E-state index is 0.0622. The lowest BCUT2D eigenvalue weighted by molar-refractivity contribution is -0.112. The first-order valence-corrected chi connectivity index (χ1v) is 8.70. The van der Waals surface area contributed by atoms with Crippen LogP contribution in [-0.2, 0) is 4.79 Å². The van der Waals surface area contributed by atoms with Gasteiger partial charge in [0.1, 0.15) is 11.6 Å². The summed E-state index contributed by atoms with van der Waals surface area (Å²) in [4.78, 5) is 12.4. The molecule has 2 aromatic carbocycles. The van der Waals surface area contributed by atoms with E-state index in [0.717, 1.165) is 6.08 Å². The number of nitrogens with one attached hydrogen (secondary N) is 1. The van der Waals surface area contributed by atoms with E-state index in [4.69, 9.17) is 27.9 Å². The van der Waals surface area contributed by atoms with Crippen LogP contribution in [0.25, 0.3) is 6.08 Å². The maximum Gasteiger partial charge on any atom is 0.387 e. The van der Waals surface area contributed by atoms with Gasteiger partial charge in [0.25, 0.3) is 5.91 Å². The topological polar surface area (TPSA) is 71.3 Å². The van der Waals surface area contributed by atoms with E-state index < -0.39 is 12.5 Å². The molecule has 146 valence electrons. The van der Waals surface area contributed by atoms with Gasteiger partial charge in [-0.25, -0.2) is 0 Å². The van der Waals surface area contributed by atoms with Crippen LogP contribution in [-0.4, -0.2) is 19.1 Å². The van der Waals surface area contributed by atoms with Gasteiger partial charge in [0.2, 0.25) is 0 Å². The van der Waals surface area contributed by atoms with Crippen LogP contribution in [0.2, 0.25) is 10.0 Å². The van der Waals surface area contributed by atoms with Gasteiger partial charge in [-0.3, -0.25) is 4.79 Å². The van der Waals surface area contributed by atoms with E-state index in [1.165, 1.54) is 36.4 Å². The molecule has 0 radical (unpaired) electrons. The van der Waals surface area contributed by atoms with Gasteiger partial charge in [-0.1, -0.05) is 35.3 Å². The lowest BCUT2D eigenvalue weighted by Gasteiger charge is -2.14. The highest BCUT2D eigenvalue weighted by Crippen LogP contribution is 2.34. The summed E-state index contributed by atoms with van der Waals surface area (Å²) in [6.07, 6.45) is 1.12. The highest BCUT2D eigenvalue weighted by molar-refractivity contribution is 6.36. The van der Waals surface area contributed by atoms with Crippen LogP contribution >= 0.6 is 23.2 Å². The minimum Gasteiger partial charge on any atom is -0.490 e. The Hall–Kier alpha value is -2.82. The Bertz CT molecular complexity index is 943. The maximum absolute atomic E-state index is 12.8. The molecular formula is C19H14Cl2F2N2O3. The lowest BCUT2D eigenvalue weighted by atomic mass is 10.1. The molecule has 0 atom stereocenters. The highest BCUT2D eigenvalue weighted by Gasteiger charge is 2.18. The second kappa shape index (κ2) is 9.93. The van der Waals surface area contributed by atoms with Gasteiger partial charge in [0, 0.05) is 10.6 Å². The SMILES string of the molecule is CCOc1cccc(/C=C(\C#N)C(=O)Nc2cc(Cl)ccc2Cl)c1OC(F)F. The Morgan fingerprint density at radius 1 is 1.32 bits per heavy atom. The average Bonchev–Trinajstić information content (AvgIpc) is 2.64. The number of rotatable bonds is 7. The number of halogens is 4. The van der Waals surface area contributed by atoms with Crippen molar-refractivity contribution in [2.75, 3.05) is 11.9 Å². The molecule has 0 saturated heterocycles. The summed E-state index contributed by atoms with van der Waals surface area (Å²) in [6.45, 7) is -1.22. The number of alkyl halides is 2. The van der Waals surface area contributed by atoms with Crippen LogP contribution in [0, 0.1) is 11.3 Å². The van der Waals surface area contributed by atoms with Gasteiger partial charge in [-0.15, -0.1) is 0 Å². The second-order valence-electron chi connectivity index (χ2n) is 5.23. The van der Waals surface area contributed by atoms with Gasteiger partial charge in [0.05, 0.1) is 17.3 Å². The Labute approximate surface area is 170 Å². The molecule has 1 N–H and O–H groups in total. The molecule has 0 aliphatic carbocycles. The summed E-state index contributed by atoms with van der Waals surface area (Å²) in [7, 11) is 0. The number of ether oxygens (including phenoxy) is 2. The Kier molecular flexibility index (Phi) is 7.61. The molecule has 0 aromatic heterocycles. The van der Waals surface area contributed by atoms with Crippen LogP contribution in [0.5, 0.6) is 11.5 Å². The van der Waals surface area contributed by atoms with Gasteiger partial charge >= 0.3 is 6.61 Å². The fourth-order valence-corrected chi connectivity index (χ4v) is 2.55. The quantitative estimate of drug-likeness (QED) is 0.465. The van der Waals surface area contributed by atoms with Gasteiger partial charge < -0.3 is 14.8 Å². The van der Waals surface area contributed by atoms with Gasteiger partial charge in [-0.2, -0.15) is 14.0 Å². The number of benzene rings is 2. The molecule has 28 heavy (non-hydrogen) atoms. The summed E-state index contributed by atoms with van der Waals surface area (Å²) in [5.41, 5.74) is -0.0774. The monoisotopic (exact) mass is 426 g/mol. The van der Waals surface area contributed by atoms with Crippen molar-refractivity contribution < 1.29 is 23.0 Å². The number of carbonyl (C=O) groups excluding carboxylic acids is 1. The molecule has 0 bridgehead atoms. The molecule has 0 unspecified atom stereocenters. The zero-order chi connectivity index (χ0) is 20.7. The lowest BCUT2D eigenvalue weighted by Crippen LogP contribution is -2.14. The van der Waals surface area contributed by atoms with Crippen molar-refractivity contribution in [2.45, 2.75) is 13.5 Å². The molecule has 2 rings (SSSR count). The third-order valence-electron chi connectivity index (χ3n) is 3.36. The van der Waals surface area contributed by atoms with Gasteiger partial charge in [-0.05, 0) is 37.3 Å². The number of anilines is 1. The predicted octanol–water partition coefficient (Wildman–Crippen LogP) is 5.54.